The van der Waals surface area contributed by atoms with Crippen LogP contribution in [0.3, 0.4) is 0 Å². The number of nitrogens with two attached hydrogens (primary N) is 1. The van der Waals surface area contributed by atoms with Gasteiger partial charge in [0.05, 0.1) is 4.47 Å². The molecule has 0 spiro atoms. The Morgan fingerprint density at radius 1 is 1.50 bits per heavy atom. The highest BCUT2D eigenvalue weighted by atomic mass is 79.9. The summed E-state index contributed by atoms with van der Waals surface area (Å²) in [4.78, 5) is 6.54. The fourth-order valence-electron chi connectivity index (χ4n) is 1.57. The lowest BCUT2D eigenvalue weighted by atomic mass is 9.93. The number of halogens is 1. The van der Waals surface area contributed by atoms with Gasteiger partial charge >= 0.3 is 0 Å². The number of hydrogen-bond acceptors (Lipinski definition) is 3. The molecule has 90 valence electrons. The number of anilines is 1. The summed E-state index contributed by atoms with van der Waals surface area (Å²) in [6.45, 7) is 7.94. The van der Waals surface area contributed by atoms with E-state index in [1.165, 1.54) is 5.56 Å². The maximum Gasteiger partial charge on any atom is 0.142 e. The highest BCUT2D eigenvalue weighted by molar-refractivity contribution is 9.10. The molecule has 0 radical (unpaired) electrons. The van der Waals surface area contributed by atoms with E-state index in [2.05, 4.69) is 46.6 Å². The monoisotopic (exact) mass is 285 g/mol. The molecule has 0 unspecified atom stereocenters. The minimum atomic E-state index is 0.0968. The van der Waals surface area contributed by atoms with E-state index in [1.807, 2.05) is 19.3 Å². The third kappa shape index (κ3) is 3.19. The van der Waals surface area contributed by atoms with Crippen molar-refractivity contribution < 1.29 is 0 Å². The zero-order valence-electron chi connectivity index (χ0n) is 10.4. The number of hydrogen-bond donors (Lipinski definition) is 1. The van der Waals surface area contributed by atoms with Crippen LogP contribution in [-0.4, -0.2) is 25.1 Å². The molecule has 0 aliphatic carbocycles. The van der Waals surface area contributed by atoms with Crippen molar-refractivity contribution in [1.82, 2.24) is 4.98 Å². The first-order valence-corrected chi connectivity index (χ1v) is 6.19. The molecule has 1 rings (SSSR count). The summed E-state index contributed by atoms with van der Waals surface area (Å²) in [6.07, 6.45) is 1.83. The summed E-state index contributed by atoms with van der Waals surface area (Å²) in [5.41, 5.74) is 7.04. The molecule has 0 bridgehead atoms. The van der Waals surface area contributed by atoms with E-state index in [0.717, 1.165) is 16.8 Å². The Hall–Kier alpha value is -0.610. The lowest BCUT2D eigenvalue weighted by Gasteiger charge is -2.30. The van der Waals surface area contributed by atoms with Crippen LogP contribution in [0.15, 0.2) is 16.7 Å². The zero-order chi connectivity index (χ0) is 12.3. The third-order valence-electron chi connectivity index (χ3n) is 2.64. The Morgan fingerprint density at radius 3 is 2.69 bits per heavy atom. The van der Waals surface area contributed by atoms with Gasteiger partial charge in [-0.25, -0.2) is 4.98 Å². The van der Waals surface area contributed by atoms with Gasteiger partial charge in [0.1, 0.15) is 5.82 Å². The molecule has 0 saturated heterocycles. The van der Waals surface area contributed by atoms with Crippen LogP contribution in [0.2, 0.25) is 0 Å². The number of rotatable bonds is 4. The van der Waals surface area contributed by atoms with E-state index in [9.17, 15) is 0 Å². The Kier molecular flexibility index (Phi) is 4.33. The van der Waals surface area contributed by atoms with Crippen molar-refractivity contribution in [2.75, 3.05) is 25.0 Å². The van der Waals surface area contributed by atoms with E-state index in [-0.39, 0.29) is 5.41 Å². The molecule has 0 amide bonds. The van der Waals surface area contributed by atoms with E-state index in [0.29, 0.717) is 6.54 Å². The molecular formula is C12H20BrN3. The summed E-state index contributed by atoms with van der Waals surface area (Å²) >= 11 is 3.57. The molecule has 0 aliphatic rings. The van der Waals surface area contributed by atoms with Crippen LogP contribution in [0.4, 0.5) is 5.82 Å². The van der Waals surface area contributed by atoms with E-state index < -0.39 is 0 Å². The van der Waals surface area contributed by atoms with Gasteiger partial charge in [-0.1, -0.05) is 13.8 Å². The minimum absolute atomic E-state index is 0.0968. The van der Waals surface area contributed by atoms with Crippen molar-refractivity contribution in [3.05, 3.63) is 22.3 Å². The topological polar surface area (TPSA) is 42.2 Å². The molecule has 0 fully saturated rings. The number of aromatic nitrogens is 1. The van der Waals surface area contributed by atoms with Gasteiger partial charge in [-0.15, -0.1) is 0 Å². The average Bonchev–Trinajstić information content (AvgIpc) is 2.21. The van der Waals surface area contributed by atoms with Crippen molar-refractivity contribution in [2.24, 2.45) is 11.1 Å². The molecule has 0 atom stereocenters. The van der Waals surface area contributed by atoms with Crippen molar-refractivity contribution in [2.45, 2.75) is 20.8 Å². The summed E-state index contributed by atoms with van der Waals surface area (Å²) in [7, 11) is 2.05. The van der Waals surface area contributed by atoms with Crippen molar-refractivity contribution in [3.63, 3.8) is 0 Å². The Balaban J connectivity index is 2.89. The van der Waals surface area contributed by atoms with Crippen LogP contribution in [0.5, 0.6) is 0 Å². The summed E-state index contributed by atoms with van der Waals surface area (Å²) in [6, 6.07) is 2.00. The summed E-state index contributed by atoms with van der Waals surface area (Å²) < 4.78 is 1.06. The molecule has 1 aromatic heterocycles. The van der Waals surface area contributed by atoms with Gasteiger partial charge in [-0.3, -0.25) is 0 Å². The molecule has 1 aromatic rings. The minimum Gasteiger partial charge on any atom is -0.358 e. The molecule has 3 nitrogen and oxygen atoms in total. The molecular weight excluding hydrogens is 266 g/mol. The van der Waals surface area contributed by atoms with Gasteiger partial charge in [-0.05, 0) is 46.4 Å². The van der Waals surface area contributed by atoms with Gasteiger partial charge in [0.15, 0.2) is 0 Å². The molecule has 0 aliphatic heterocycles. The molecule has 0 aromatic carbocycles. The van der Waals surface area contributed by atoms with Crippen LogP contribution < -0.4 is 10.6 Å². The van der Waals surface area contributed by atoms with Crippen molar-refractivity contribution in [1.29, 1.82) is 0 Å². The second kappa shape index (κ2) is 5.15. The maximum absolute atomic E-state index is 5.74. The molecule has 16 heavy (non-hydrogen) atoms. The highest BCUT2D eigenvalue weighted by Crippen LogP contribution is 2.28. The Morgan fingerprint density at radius 2 is 2.12 bits per heavy atom. The maximum atomic E-state index is 5.74. The molecule has 2 N–H and O–H groups in total. The molecule has 0 saturated carbocycles. The van der Waals surface area contributed by atoms with E-state index in [1.54, 1.807) is 0 Å². The standard InChI is InChI=1S/C12H20BrN3/c1-9-5-6-15-11(10(9)13)16(4)8-12(2,3)7-14/h5-6H,7-8,14H2,1-4H3. The average molecular weight is 286 g/mol. The predicted molar refractivity (Wildman–Crippen MR) is 72.8 cm³/mol. The van der Waals surface area contributed by atoms with Crippen molar-refractivity contribution in [3.8, 4) is 0 Å². The number of nitrogens with zero attached hydrogens (tertiary/aromatic N) is 2. The molecule has 1 heterocycles. The van der Waals surface area contributed by atoms with Gasteiger partial charge in [0, 0.05) is 19.8 Å². The van der Waals surface area contributed by atoms with Crippen molar-refractivity contribution >= 4 is 21.7 Å². The number of aryl methyl sites for hydroxylation is 1. The highest BCUT2D eigenvalue weighted by Gasteiger charge is 2.20. The predicted octanol–water partition coefficient (Wildman–Crippen LogP) is 2.57. The molecule has 4 heteroatoms. The van der Waals surface area contributed by atoms with E-state index in [4.69, 9.17) is 5.73 Å². The summed E-state index contributed by atoms with van der Waals surface area (Å²) in [5.74, 6) is 0.974. The largest absolute Gasteiger partial charge is 0.358 e. The van der Waals surface area contributed by atoms with Crippen LogP contribution in [0.1, 0.15) is 19.4 Å². The van der Waals surface area contributed by atoms with Gasteiger partial charge in [0.25, 0.3) is 0 Å². The SMILES string of the molecule is Cc1ccnc(N(C)CC(C)(C)CN)c1Br. The Bertz CT molecular complexity index is 363. The normalized spacial score (nSPS) is 11.6. The van der Waals surface area contributed by atoms with E-state index >= 15 is 0 Å². The van der Waals surface area contributed by atoms with Crippen LogP contribution in [0.25, 0.3) is 0 Å². The van der Waals surface area contributed by atoms with Gasteiger partial charge < -0.3 is 10.6 Å². The number of pyridine rings is 1. The second-order valence-electron chi connectivity index (χ2n) is 4.99. The fraction of sp³-hybridized carbons (Fsp3) is 0.583. The van der Waals surface area contributed by atoms with Gasteiger partial charge in [-0.2, -0.15) is 0 Å². The first-order valence-electron chi connectivity index (χ1n) is 5.40. The quantitative estimate of drug-likeness (QED) is 0.925. The van der Waals surface area contributed by atoms with Crippen LogP contribution in [-0.2, 0) is 0 Å². The first-order chi connectivity index (χ1) is 7.37. The van der Waals surface area contributed by atoms with Crippen LogP contribution >= 0.6 is 15.9 Å². The second-order valence-corrected chi connectivity index (χ2v) is 5.78. The summed E-state index contributed by atoms with van der Waals surface area (Å²) in [5, 5.41) is 0. The zero-order valence-corrected chi connectivity index (χ0v) is 12.0. The lowest BCUT2D eigenvalue weighted by molar-refractivity contribution is 0.384. The van der Waals surface area contributed by atoms with Gasteiger partial charge in [0.2, 0.25) is 0 Å². The lowest BCUT2D eigenvalue weighted by Crippen LogP contribution is -2.37. The van der Waals surface area contributed by atoms with Crippen LogP contribution in [0, 0.1) is 12.3 Å². The Labute approximate surface area is 106 Å². The smallest absolute Gasteiger partial charge is 0.142 e. The fourth-order valence-corrected chi connectivity index (χ4v) is 2.11. The third-order valence-corrected chi connectivity index (χ3v) is 3.62. The first kappa shape index (κ1) is 13.5.